The van der Waals surface area contributed by atoms with Crippen LogP contribution < -0.4 is 10.7 Å². The quantitative estimate of drug-likeness (QED) is 0.475. The Morgan fingerprint density at radius 3 is 2.45 bits per heavy atom. The van der Waals surface area contributed by atoms with E-state index >= 15 is 0 Å². The van der Waals surface area contributed by atoms with E-state index in [1.165, 1.54) is 28.9 Å². The topological polar surface area (TPSA) is 87.7 Å². The minimum absolute atomic E-state index is 0.209. The van der Waals surface area contributed by atoms with Crippen molar-refractivity contribution in [2.24, 2.45) is 5.92 Å². The van der Waals surface area contributed by atoms with Crippen LogP contribution in [0, 0.1) is 11.7 Å². The van der Waals surface area contributed by atoms with E-state index in [-0.39, 0.29) is 29.1 Å². The molecule has 0 saturated heterocycles. The maximum atomic E-state index is 13.7. The third-order valence-electron chi connectivity index (χ3n) is 5.96. The Morgan fingerprint density at radius 2 is 1.82 bits per heavy atom. The number of nitrogens with one attached hydrogen (secondary N) is 2. The maximum absolute atomic E-state index is 13.7. The zero-order chi connectivity index (χ0) is 27.6. The van der Waals surface area contributed by atoms with Crippen molar-refractivity contribution < 1.29 is 23.5 Å². The second-order valence-corrected chi connectivity index (χ2v) is 11.5. The summed E-state index contributed by atoms with van der Waals surface area (Å²) >= 11 is 7.31. The molecule has 4 rings (SSSR count). The van der Waals surface area contributed by atoms with Crippen molar-refractivity contribution >= 4 is 41.1 Å². The number of halogens is 2. The lowest BCUT2D eigenvalue weighted by Gasteiger charge is -2.28. The number of Topliss-reactive ketones (excluding diaryl/α,β-unsaturated/α-hetero) is 1. The Labute approximate surface area is 230 Å². The highest BCUT2D eigenvalue weighted by Gasteiger charge is 2.41. The Hall–Kier alpha value is -3.30. The normalized spacial score (nSPS) is 18.1. The van der Waals surface area contributed by atoms with Crippen LogP contribution in [-0.2, 0) is 20.7 Å². The lowest BCUT2D eigenvalue weighted by Crippen LogP contribution is -2.45. The molecule has 1 heterocycles. The standard InChI is InChI=1S/C28H29ClFN3O4S/c1-16(18-7-11-21(30)12-8-18)31-26(35)22-14-19(13-17-5-9-20(29)10-6-17)24(34)23-25(22)38-15-33(23)32-27(36)37-28(2,3)4/h5-12,14,16,19H,13,15H2,1-4H3,(H,31,35)(H,32,36). The van der Waals surface area contributed by atoms with E-state index in [0.29, 0.717) is 21.9 Å². The Bertz CT molecular complexity index is 1300. The second kappa shape index (κ2) is 11.2. The number of amides is 2. The number of hydrogen-bond donors (Lipinski definition) is 2. The summed E-state index contributed by atoms with van der Waals surface area (Å²) in [6.45, 7) is 7.05. The van der Waals surface area contributed by atoms with Gasteiger partial charge in [0.15, 0.2) is 5.78 Å². The highest BCUT2D eigenvalue weighted by atomic mass is 35.5. The molecular weight excluding hydrogens is 529 g/mol. The third-order valence-corrected chi connectivity index (χ3v) is 7.30. The highest BCUT2D eigenvalue weighted by molar-refractivity contribution is 8.03. The molecule has 2 N–H and O–H groups in total. The Balaban J connectivity index is 1.63. The molecule has 2 atom stereocenters. The summed E-state index contributed by atoms with van der Waals surface area (Å²) < 4.78 is 18.7. The summed E-state index contributed by atoms with van der Waals surface area (Å²) in [6, 6.07) is 12.7. The first-order valence-corrected chi connectivity index (χ1v) is 13.5. The largest absolute Gasteiger partial charge is 0.443 e. The molecule has 38 heavy (non-hydrogen) atoms. The van der Waals surface area contributed by atoms with Gasteiger partial charge in [0, 0.05) is 10.9 Å². The van der Waals surface area contributed by atoms with Crippen molar-refractivity contribution in [2.45, 2.75) is 45.8 Å². The average Bonchev–Trinajstić information content (AvgIpc) is 3.25. The molecule has 2 aromatic rings. The predicted octanol–water partition coefficient (Wildman–Crippen LogP) is 5.68. The van der Waals surface area contributed by atoms with Crippen molar-refractivity contribution in [1.29, 1.82) is 0 Å². The van der Waals surface area contributed by atoms with Gasteiger partial charge in [0.05, 0.1) is 22.4 Å². The minimum atomic E-state index is -0.719. The van der Waals surface area contributed by atoms with Crippen molar-refractivity contribution in [3.63, 3.8) is 0 Å². The molecular formula is C28H29ClFN3O4S. The van der Waals surface area contributed by atoms with Gasteiger partial charge >= 0.3 is 6.09 Å². The van der Waals surface area contributed by atoms with Gasteiger partial charge in [0.1, 0.15) is 17.1 Å². The van der Waals surface area contributed by atoms with Crippen LogP contribution in [0.3, 0.4) is 0 Å². The van der Waals surface area contributed by atoms with E-state index in [1.807, 2.05) is 12.1 Å². The van der Waals surface area contributed by atoms with Crippen molar-refractivity contribution in [3.05, 3.63) is 92.7 Å². The summed E-state index contributed by atoms with van der Waals surface area (Å²) in [5, 5.41) is 4.98. The summed E-state index contributed by atoms with van der Waals surface area (Å²) in [4.78, 5) is 40.1. The summed E-state index contributed by atoms with van der Waals surface area (Å²) in [5.74, 6) is -1.34. The molecule has 0 saturated carbocycles. The van der Waals surface area contributed by atoms with E-state index < -0.39 is 23.7 Å². The van der Waals surface area contributed by atoms with Crippen LogP contribution in [0.5, 0.6) is 0 Å². The number of ketones is 1. The first-order chi connectivity index (χ1) is 17.9. The van der Waals surface area contributed by atoms with E-state index in [0.717, 1.165) is 11.1 Å². The van der Waals surface area contributed by atoms with E-state index in [4.69, 9.17) is 16.3 Å². The number of hydrogen-bond acceptors (Lipinski definition) is 6. The number of rotatable bonds is 6. The molecule has 2 aliphatic rings. The first kappa shape index (κ1) is 27.7. The van der Waals surface area contributed by atoms with Crippen molar-refractivity contribution in [1.82, 2.24) is 15.8 Å². The van der Waals surface area contributed by atoms with Gasteiger partial charge in [-0.25, -0.2) is 14.6 Å². The number of benzene rings is 2. The number of ether oxygens (including phenoxy) is 1. The number of nitrogens with zero attached hydrogens (tertiary/aromatic N) is 1. The maximum Gasteiger partial charge on any atom is 0.426 e. The number of allylic oxidation sites excluding steroid dienone is 2. The predicted molar refractivity (Wildman–Crippen MR) is 145 cm³/mol. The van der Waals surface area contributed by atoms with E-state index in [9.17, 15) is 18.8 Å². The molecule has 2 amide bonds. The van der Waals surface area contributed by atoms with Crippen LogP contribution >= 0.6 is 23.4 Å². The molecule has 1 aliphatic heterocycles. The molecule has 0 radical (unpaired) electrons. The lowest BCUT2D eigenvalue weighted by atomic mass is 9.86. The van der Waals surface area contributed by atoms with Gasteiger partial charge in [0.2, 0.25) is 0 Å². The number of hydrazine groups is 1. The van der Waals surface area contributed by atoms with Gasteiger partial charge in [-0.15, -0.1) is 0 Å². The molecule has 10 heteroatoms. The number of carbonyl (C=O) groups excluding carboxylic acids is 3. The van der Waals surface area contributed by atoms with Crippen LogP contribution in [-0.4, -0.2) is 34.3 Å². The Morgan fingerprint density at radius 1 is 1.16 bits per heavy atom. The average molecular weight is 558 g/mol. The molecule has 0 fully saturated rings. The highest BCUT2D eigenvalue weighted by Crippen LogP contribution is 2.42. The minimum Gasteiger partial charge on any atom is -0.443 e. The molecule has 2 unspecified atom stereocenters. The Kier molecular flexibility index (Phi) is 8.18. The monoisotopic (exact) mass is 557 g/mol. The van der Waals surface area contributed by atoms with E-state index in [2.05, 4.69) is 10.7 Å². The molecule has 1 aliphatic carbocycles. The van der Waals surface area contributed by atoms with Crippen molar-refractivity contribution in [2.75, 3.05) is 5.88 Å². The van der Waals surface area contributed by atoms with Gasteiger partial charge in [-0.2, -0.15) is 0 Å². The number of carbonyl (C=O) groups is 3. The van der Waals surface area contributed by atoms with Crippen LogP contribution in [0.15, 0.2) is 70.8 Å². The van der Waals surface area contributed by atoms with Crippen molar-refractivity contribution in [3.8, 4) is 0 Å². The second-order valence-electron chi connectivity index (χ2n) is 10.1. The zero-order valence-electron chi connectivity index (χ0n) is 21.5. The van der Waals surface area contributed by atoms with Crippen LogP contribution in [0.1, 0.15) is 44.9 Å². The fraction of sp³-hybridized carbons (Fsp3) is 0.321. The first-order valence-electron chi connectivity index (χ1n) is 12.1. The van der Waals surface area contributed by atoms with Gasteiger partial charge in [0.25, 0.3) is 5.91 Å². The van der Waals surface area contributed by atoms with Crippen LogP contribution in [0.2, 0.25) is 5.02 Å². The summed E-state index contributed by atoms with van der Waals surface area (Å²) in [6.07, 6.45) is 1.34. The number of thioether (sulfide) groups is 1. The summed E-state index contributed by atoms with van der Waals surface area (Å²) in [7, 11) is 0. The molecule has 200 valence electrons. The van der Waals surface area contributed by atoms with Crippen LogP contribution in [0.4, 0.5) is 9.18 Å². The fourth-order valence-corrected chi connectivity index (χ4v) is 5.42. The molecule has 2 aromatic carbocycles. The molecule has 0 spiro atoms. The van der Waals surface area contributed by atoms with Gasteiger partial charge < -0.3 is 10.1 Å². The van der Waals surface area contributed by atoms with Gasteiger partial charge in [-0.05, 0) is 69.5 Å². The SMILES string of the molecule is CC(NC(=O)C1=CC(Cc2ccc(Cl)cc2)C(=O)C2=C1SCN2NC(=O)OC(C)(C)C)c1ccc(F)cc1. The fourth-order valence-electron chi connectivity index (χ4n) is 4.18. The van der Waals surface area contributed by atoms with E-state index in [1.54, 1.807) is 58.0 Å². The van der Waals surface area contributed by atoms with Crippen LogP contribution in [0.25, 0.3) is 0 Å². The lowest BCUT2D eigenvalue weighted by molar-refractivity contribution is -0.119. The zero-order valence-corrected chi connectivity index (χ0v) is 23.1. The summed E-state index contributed by atoms with van der Waals surface area (Å²) in [5.41, 5.74) is 4.16. The molecule has 7 nitrogen and oxygen atoms in total. The van der Waals surface area contributed by atoms with Gasteiger partial charge in [-0.3, -0.25) is 14.6 Å². The smallest absolute Gasteiger partial charge is 0.426 e. The molecule has 0 bridgehead atoms. The molecule has 0 aromatic heterocycles. The van der Waals surface area contributed by atoms with Gasteiger partial charge in [-0.1, -0.05) is 53.7 Å². The third kappa shape index (κ3) is 6.57.